The lowest BCUT2D eigenvalue weighted by Gasteiger charge is -2.25. The predicted octanol–water partition coefficient (Wildman–Crippen LogP) is 3.07. The van der Waals surface area contributed by atoms with Gasteiger partial charge in [0.25, 0.3) is 0 Å². The maximum Gasteiger partial charge on any atom is 0.120 e. The van der Waals surface area contributed by atoms with Crippen LogP contribution in [-0.4, -0.2) is 10.6 Å². The first kappa shape index (κ1) is 10.4. The Bertz CT molecular complexity index is 639. The zero-order valence-corrected chi connectivity index (χ0v) is 10.3. The zero-order chi connectivity index (χ0) is 12.4. The highest BCUT2D eigenvalue weighted by Crippen LogP contribution is 2.66. The molecule has 2 heteroatoms. The first-order chi connectivity index (χ1) is 8.66. The second-order valence-corrected chi connectivity index (χ2v) is 5.92. The molecular formula is C16H17NO. The van der Waals surface area contributed by atoms with Crippen molar-refractivity contribution >= 4 is 10.8 Å². The Hall–Kier alpha value is -1.54. The van der Waals surface area contributed by atoms with E-state index in [1.165, 1.54) is 10.8 Å². The number of benzene rings is 2. The molecule has 3 N–H and O–H groups in total. The Morgan fingerprint density at radius 2 is 1.67 bits per heavy atom. The number of aromatic hydroxyl groups is 1. The van der Waals surface area contributed by atoms with Crippen LogP contribution in [0.4, 0.5) is 0 Å². The molecule has 2 aliphatic carbocycles. The maximum atomic E-state index is 10.3. The van der Waals surface area contributed by atoms with E-state index in [4.69, 9.17) is 5.73 Å². The summed E-state index contributed by atoms with van der Waals surface area (Å²) in [7, 11) is 0. The molecule has 2 saturated carbocycles. The van der Waals surface area contributed by atoms with Crippen molar-refractivity contribution in [2.24, 2.45) is 5.73 Å². The summed E-state index contributed by atoms with van der Waals surface area (Å²) in [4.78, 5) is 0. The third kappa shape index (κ3) is 1.16. The third-order valence-corrected chi connectivity index (χ3v) is 4.88. The quantitative estimate of drug-likeness (QED) is 0.846. The van der Waals surface area contributed by atoms with Crippen LogP contribution < -0.4 is 5.73 Å². The van der Waals surface area contributed by atoms with E-state index >= 15 is 0 Å². The van der Waals surface area contributed by atoms with Gasteiger partial charge in [0.2, 0.25) is 0 Å². The SMILES string of the molecule is NC1(C2(c3c(O)ccc4ccccc34)CC2)CC1. The maximum absolute atomic E-state index is 10.3. The van der Waals surface area contributed by atoms with Crippen molar-refractivity contribution in [1.29, 1.82) is 0 Å². The molecule has 18 heavy (non-hydrogen) atoms. The van der Waals surface area contributed by atoms with Gasteiger partial charge in [0.1, 0.15) is 5.75 Å². The van der Waals surface area contributed by atoms with Crippen LogP contribution in [0.25, 0.3) is 10.8 Å². The molecule has 0 spiro atoms. The van der Waals surface area contributed by atoms with Gasteiger partial charge >= 0.3 is 0 Å². The van der Waals surface area contributed by atoms with Crippen LogP contribution in [-0.2, 0) is 5.41 Å². The van der Waals surface area contributed by atoms with Gasteiger partial charge in [-0.05, 0) is 42.5 Å². The number of fused-ring (bicyclic) bond motifs is 1. The predicted molar refractivity (Wildman–Crippen MR) is 72.7 cm³/mol. The summed E-state index contributed by atoms with van der Waals surface area (Å²) in [6.07, 6.45) is 4.42. The van der Waals surface area contributed by atoms with Crippen molar-refractivity contribution in [3.63, 3.8) is 0 Å². The fraction of sp³-hybridized carbons (Fsp3) is 0.375. The molecule has 0 unspecified atom stereocenters. The molecule has 0 aliphatic heterocycles. The largest absolute Gasteiger partial charge is 0.508 e. The summed E-state index contributed by atoms with van der Waals surface area (Å²) in [5.41, 5.74) is 7.54. The van der Waals surface area contributed by atoms with E-state index in [1.54, 1.807) is 0 Å². The summed E-state index contributed by atoms with van der Waals surface area (Å²) in [5, 5.41) is 12.7. The number of rotatable bonds is 2. The number of nitrogens with two attached hydrogens (primary N) is 1. The fourth-order valence-corrected chi connectivity index (χ4v) is 3.50. The first-order valence-electron chi connectivity index (χ1n) is 6.66. The van der Waals surface area contributed by atoms with Gasteiger partial charge in [0, 0.05) is 16.5 Å². The lowest BCUT2D eigenvalue weighted by atomic mass is 9.82. The minimum atomic E-state index is -0.0609. The van der Waals surface area contributed by atoms with E-state index in [9.17, 15) is 5.11 Å². The molecule has 0 atom stereocenters. The van der Waals surface area contributed by atoms with Gasteiger partial charge in [-0.1, -0.05) is 30.3 Å². The lowest BCUT2D eigenvalue weighted by Crippen LogP contribution is -2.37. The highest BCUT2D eigenvalue weighted by atomic mass is 16.3. The zero-order valence-electron chi connectivity index (χ0n) is 10.3. The summed E-state index contributed by atoms with van der Waals surface area (Å²) in [6, 6.07) is 12.1. The first-order valence-corrected chi connectivity index (χ1v) is 6.66. The number of phenolic OH excluding ortho intramolecular Hbond substituents is 1. The van der Waals surface area contributed by atoms with Gasteiger partial charge in [-0.2, -0.15) is 0 Å². The molecule has 2 aromatic carbocycles. The lowest BCUT2D eigenvalue weighted by molar-refractivity contribution is 0.437. The van der Waals surface area contributed by atoms with Crippen LogP contribution >= 0.6 is 0 Å². The molecule has 0 amide bonds. The fourth-order valence-electron chi connectivity index (χ4n) is 3.50. The molecule has 2 aromatic rings. The molecule has 0 heterocycles. The summed E-state index contributed by atoms with van der Waals surface area (Å²) < 4.78 is 0. The Balaban J connectivity index is 2.02. The number of phenols is 1. The van der Waals surface area contributed by atoms with E-state index in [-0.39, 0.29) is 11.0 Å². The highest BCUT2D eigenvalue weighted by Gasteiger charge is 2.65. The Labute approximate surface area is 106 Å². The molecular weight excluding hydrogens is 222 g/mol. The van der Waals surface area contributed by atoms with Crippen LogP contribution in [0.3, 0.4) is 0 Å². The monoisotopic (exact) mass is 239 g/mol. The van der Waals surface area contributed by atoms with E-state index in [0.29, 0.717) is 5.75 Å². The van der Waals surface area contributed by atoms with Gasteiger partial charge < -0.3 is 10.8 Å². The molecule has 2 aliphatic rings. The van der Waals surface area contributed by atoms with Gasteiger partial charge in [-0.25, -0.2) is 0 Å². The molecule has 0 saturated heterocycles. The van der Waals surface area contributed by atoms with Crippen molar-refractivity contribution < 1.29 is 5.11 Å². The molecule has 4 rings (SSSR count). The van der Waals surface area contributed by atoms with Crippen LogP contribution in [0.5, 0.6) is 5.75 Å². The Kier molecular flexibility index (Phi) is 1.77. The molecule has 2 fully saturated rings. The summed E-state index contributed by atoms with van der Waals surface area (Å²) in [5.74, 6) is 0.419. The number of hydrogen-bond donors (Lipinski definition) is 2. The molecule has 0 aromatic heterocycles. The van der Waals surface area contributed by atoms with Crippen molar-refractivity contribution in [2.45, 2.75) is 36.6 Å². The van der Waals surface area contributed by atoms with Gasteiger partial charge in [-0.15, -0.1) is 0 Å². The van der Waals surface area contributed by atoms with Gasteiger partial charge in [0.05, 0.1) is 0 Å². The summed E-state index contributed by atoms with van der Waals surface area (Å²) in [6.45, 7) is 0. The summed E-state index contributed by atoms with van der Waals surface area (Å²) >= 11 is 0. The molecule has 0 bridgehead atoms. The molecule has 2 nitrogen and oxygen atoms in total. The van der Waals surface area contributed by atoms with Gasteiger partial charge in [-0.3, -0.25) is 0 Å². The topological polar surface area (TPSA) is 46.2 Å². The second kappa shape index (κ2) is 3.07. The molecule has 0 radical (unpaired) electrons. The minimum Gasteiger partial charge on any atom is -0.508 e. The van der Waals surface area contributed by atoms with E-state index in [0.717, 1.165) is 31.2 Å². The van der Waals surface area contributed by atoms with Crippen molar-refractivity contribution in [1.82, 2.24) is 0 Å². The van der Waals surface area contributed by atoms with Crippen molar-refractivity contribution in [3.05, 3.63) is 42.0 Å². The number of hydrogen-bond acceptors (Lipinski definition) is 2. The smallest absolute Gasteiger partial charge is 0.120 e. The highest BCUT2D eigenvalue weighted by molar-refractivity contribution is 5.89. The Morgan fingerprint density at radius 1 is 0.944 bits per heavy atom. The third-order valence-electron chi connectivity index (χ3n) is 4.88. The standard InChI is InChI=1S/C16H17NO/c17-16(9-10-16)15(7-8-15)14-12-4-2-1-3-11(12)5-6-13(14)18/h1-6,18H,7-10,17H2. The molecule has 92 valence electrons. The normalized spacial score (nSPS) is 22.9. The van der Waals surface area contributed by atoms with Crippen LogP contribution in [0.2, 0.25) is 0 Å². The van der Waals surface area contributed by atoms with Crippen LogP contribution in [0.15, 0.2) is 36.4 Å². The van der Waals surface area contributed by atoms with Gasteiger partial charge in [0.15, 0.2) is 0 Å². The van der Waals surface area contributed by atoms with E-state index in [2.05, 4.69) is 12.1 Å². The second-order valence-electron chi connectivity index (χ2n) is 5.92. The van der Waals surface area contributed by atoms with E-state index in [1.807, 2.05) is 24.3 Å². The van der Waals surface area contributed by atoms with Crippen molar-refractivity contribution in [3.8, 4) is 5.75 Å². The van der Waals surface area contributed by atoms with Crippen LogP contribution in [0.1, 0.15) is 31.2 Å². The average molecular weight is 239 g/mol. The van der Waals surface area contributed by atoms with E-state index < -0.39 is 0 Å². The minimum absolute atomic E-state index is 0.0396. The average Bonchev–Trinajstić information content (AvgIpc) is 3.26. The van der Waals surface area contributed by atoms with Crippen molar-refractivity contribution in [2.75, 3.05) is 0 Å². The van der Waals surface area contributed by atoms with Crippen LogP contribution in [0, 0.1) is 0 Å². The Morgan fingerprint density at radius 3 is 2.33 bits per heavy atom.